The van der Waals surface area contributed by atoms with E-state index < -0.39 is 10.0 Å². The molecule has 29 heavy (non-hydrogen) atoms. The molecule has 8 heteroatoms. The smallest absolute Gasteiger partial charge is 0.251 e. The first-order chi connectivity index (χ1) is 13.9. The monoisotopic (exact) mass is 406 g/mol. The standard InChI is InChI=1S/C21H18N4O3S/c22-29(27,28)16-8-5-14(6-9-16)11-12-23-21(26)15-7-10-19-20(13-15)25-18-4-2-1-3-17(18)24-19/h1-10,13H,11-12H2,(H,23,26)(H2,22,27,28). The molecule has 3 N–H and O–H groups in total. The van der Waals surface area contributed by atoms with Gasteiger partial charge in [0.1, 0.15) is 0 Å². The second-order valence-corrected chi connectivity index (χ2v) is 8.17. The van der Waals surface area contributed by atoms with Crippen molar-refractivity contribution in [1.82, 2.24) is 15.3 Å². The molecule has 4 rings (SSSR count). The van der Waals surface area contributed by atoms with Gasteiger partial charge in [-0.2, -0.15) is 0 Å². The Morgan fingerprint density at radius 3 is 2.14 bits per heavy atom. The molecular formula is C21H18N4O3S. The van der Waals surface area contributed by atoms with E-state index >= 15 is 0 Å². The molecule has 0 aliphatic heterocycles. The van der Waals surface area contributed by atoms with E-state index in [9.17, 15) is 13.2 Å². The number of hydrogen-bond acceptors (Lipinski definition) is 5. The van der Waals surface area contributed by atoms with Gasteiger partial charge in [-0.3, -0.25) is 4.79 Å². The number of sulfonamides is 1. The zero-order valence-electron chi connectivity index (χ0n) is 15.4. The molecule has 0 unspecified atom stereocenters. The number of rotatable bonds is 5. The third-order valence-electron chi connectivity index (χ3n) is 4.55. The van der Waals surface area contributed by atoms with Gasteiger partial charge in [0.15, 0.2) is 0 Å². The number of carbonyl (C=O) groups excluding carboxylic acids is 1. The first kappa shape index (κ1) is 19.0. The number of amides is 1. The van der Waals surface area contributed by atoms with Crippen LogP contribution in [0.5, 0.6) is 0 Å². The lowest BCUT2D eigenvalue weighted by Crippen LogP contribution is -2.25. The zero-order valence-corrected chi connectivity index (χ0v) is 16.2. The lowest BCUT2D eigenvalue weighted by molar-refractivity contribution is 0.0954. The molecule has 0 atom stereocenters. The van der Waals surface area contributed by atoms with Gasteiger partial charge in [0.2, 0.25) is 10.0 Å². The molecule has 0 radical (unpaired) electrons. The van der Waals surface area contributed by atoms with Gasteiger partial charge in [0.05, 0.1) is 27.0 Å². The van der Waals surface area contributed by atoms with Crippen molar-refractivity contribution in [2.24, 2.45) is 5.14 Å². The molecule has 1 aromatic heterocycles. The molecule has 0 fully saturated rings. The van der Waals surface area contributed by atoms with Crippen molar-refractivity contribution >= 4 is 38.0 Å². The highest BCUT2D eigenvalue weighted by Gasteiger charge is 2.09. The van der Waals surface area contributed by atoms with Crippen molar-refractivity contribution in [1.29, 1.82) is 0 Å². The number of benzene rings is 3. The number of para-hydroxylation sites is 2. The van der Waals surface area contributed by atoms with Crippen LogP contribution in [0.4, 0.5) is 0 Å². The number of hydrogen-bond donors (Lipinski definition) is 2. The van der Waals surface area contributed by atoms with E-state index in [0.717, 1.165) is 22.1 Å². The van der Waals surface area contributed by atoms with Crippen LogP contribution in [-0.2, 0) is 16.4 Å². The third kappa shape index (κ3) is 4.23. The van der Waals surface area contributed by atoms with Gasteiger partial charge < -0.3 is 5.32 Å². The quantitative estimate of drug-likeness (QED) is 0.494. The number of nitrogens with zero attached hydrogens (tertiary/aromatic N) is 2. The second-order valence-electron chi connectivity index (χ2n) is 6.61. The van der Waals surface area contributed by atoms with Crippen LogP contribution in [0.3, 0.4) is 0 Å². The van der Waals surface area contributed by atoms with E-state index in [-0.39, 0.29) is 10.8 Å². The van der Waals surface area contributed by atoms with Gasteiger partial charge >= 0.3 is 0 Å². The first-order valence-corrected chi connectivity index (χ1v) is 10.5. The van der Waals surface area contributed by atoms with Gasteiger partial charge in [0, 0.05) is 12.1 Å². The van der Waals surface area contributed by atoms with Crippen LogP contribution in [0.2, 0.25) is 0 Å². The fourth-order valence-corrected chi connectivity index (χ4v) is 3.55. The maximum atomic E-state index is 12.5. The predicted octanol–water partition coefficient (Wildman–Crippen LogP) is 2.40. The molecule has 0 saturated carbocycles. The van der Waals surface area contributed by atoms with Crippen LogP contribution in [0, 0.1) is 0 Å². The number of carbonyl (C=O) groups is 1. The van der Waals surface area contributed by atoms with Gasteiger partial charge in [-0.05, 0) is 54.4 Å². The lowest BCUT2D eigenvalue weighted by Gasteiger charge is -2.07. The van der Waals surface area contributed by atoms with E-state index in [0.29, 0.717) is 24.0 Å². The second kappa shape index (κ2) is 7.57. The highest BCUT2D eigenvalue weighted by Crippen LogP contribution is 2.17. The zero-order chi connectivity index (χ0) is 20.4. The number of fused-ring (bicyclic) bond motifs is 2. The van der Waals surface area contributed by atoms with Crippen molar-refractivity contribution in [2.75, 3.05) is 6.54 Å². The number of nitrogens with one attached hydrogen (secondary N) is 1. The third-order valence-corrected chi connectivity index (χ3v) is 5.48. The van der Waals surface area contributed by atoms with E-state index in [1.165, 1.54) is 12.1 Å². The fourth-order valence-electron chi connectivity index (χ4n) is 3.03. The Balaban J connectivity index is 1.44. The average Bonchev–Trinajstić information content (AvgIpc) is 2.71. The number of primary sulfonamides is 1. The van der Waals surface area contributed by atoms with Crippen molar-refractivity contribution in [3.05, 3.63) is 77.9 Å². The molecular weight excluding hydrogens is 388 g/mol. The summed E-state index contributed by atoms with van der Waals surface area (Å²) in [6.07, 6.45) is 0.564. The van der Waals surface area contributed by atoms with Crippen molar-refractivity contribution in [3.8, 4) is 0 Å². The minimum atomic E-state index is -3.70. The summed E-state index contributed by atoms with van der Waals surface area (Å²) in [5.74, 6) is -0.206. The summed E-state index contributed by atoms with van der Waals surface area (Å²) in [5, 5.41) is 7.95. The van der Waals surface area contributed by atoms with Crippen LogP contribution in [0.1, 0.15) is 15.9 Å². The van der Waals surface area contributed by atoms with E-state index in [1.54, 1.807) is 30.3 Å². The van der Waals surface area contributed by atoms with Crippen LogP contribution in [-0.4, -0.2) is 30.8 Å². The average molecular weight is 406 g/mol. The lowest BCUT2D eigenvalue weighted by atomic mass is 10.1. The Morgan fingerprint density at radius 2 is 1.48 bits per heavy atom. The highest BCUT2D eigenvalue weighted by molar-refractivity contribution is 7.89. The van der Waals surface area contributed by atoms with Crippen LogP contribution >= 0.6 is 0 Å². The van der Waals surface area contributed by atoms with Gasteiger partial charge in [-0.1, -0.05) is 24.3 Å². The Morgan fingerprint density at radius 1 is 0.862 bits per heavy atom. The molecule has 0 saturated heterocycles. The molecule has 0 spiro atoms. The van der Waals surface area contributed by atoms with Crippen LogP contribution < -0.4 is 10.5 Å². The minimum Gasteiger partial charge on any atom is -0.352 e. The maximum absolute atomic E-state index is 12.5. The SMILES string of the molecule is NS(=O)(=O)c1ccc(CCNC(=O)c2ccc3nc4ccccc4nc3c2)cc1. The summed E-state index contributed by atoms with van der Waals surface area (Å²) in [5.41, 5.74) is 4.39. The Hall–Kier alpha value is -3.36. The summed E-state index contributed by atoms with van der Waals surface area (Å²) < 4.78 is 22.6. The minimum absolute atomic E-state index is 0.0649. The normalized spacial score (nSPS) is 11.6. The van der Waals surface area contributed by atoms with Crippen molar-refractivity contribution < 1.29 is 13.2 Å². The van der Waals surface area contributed by atoms with E-state index in [4.69, 9.17) is 5.14 Å². The van der Waals surface area contributed by atoms with Gasteiger partial charge in [-0.15, -0.1) is 0 Å². The molecule has 0 aliphatic rings. The van der Waals surface area contributed by atoms with Gasteiger partial charge in [0.25, 0.3) is 5.91 Å². The molecule has 3 aromatic carbocycles. The molecule has 0 bridgehead atoms. The summed E-state index contributed by atoms with van der Waals surface area (Å²) >= 11 is 0. The molecule has 1 amide bonds. The molecule has 7 nitrogen and oxygen atoms in total. The van der Waals surface area contributed by atoms with Crippen molar-refractivity contribution in [3.63, 3.8) is 0 Å². The number of nitrogens with two attached hydrogens (primary N) is 1. The van der Waals surface area contributed by atoms with Crippen LogP contribution in [0.15, 0.2) is 71.6 Å². The summed E-state index contributed by atoms with van der Waals surface area (Å²) in [6, 6.07) is 19.1. The molecule has 1 heterocycles. The first-order valence-electron chi connectivity index (χ1n) is 8.97. The fraction of sp³-hybridized carbons (Fsp3) is 0.0952. The maximum Gasteiger partial charge on any atom is 0.251 e. The van der Waals surface area contributed by atoms with Crippen LogP contribution in [0.25, 0.3) is 22.1 Å². The summed E-state index contributed by atoms with van der Waals surface area (Å²) in [7, 11) is -3.70. The predicted molar refractivity (Wildman–Crippen MR) is 111 cm³/mol. The largest absolute Gasteiger partial charge is 0.352 e. The summed E-state index contributed by atoms with van der Waals surface area (Å²) in [6.45, 7) is 0.412. The highest BCUT2D eigenvalue weighted by atomic mass is 32.2. The molecule has 4 aromatic rings. The molecule has 0 aliphatic carbocycles. The Labute approximate surface area is 167 Å². The molecule has 146 valence electrons. The topological polar surface area (TPSA) is 115 Å². The Kier molecular flexibility index (Phi) is 4.96. The summed E-state index contributed by atoms with van der Waals surface area (Å²) in [4.78, 5) is 21.7. The number of aromatic nitrogens is 2. The Bertz CT molecular complexity index is 1320. The van der Waals surface area contributed by atoms with E-state index in [1.807, 2.05) is 24.3 Å². The van der Waals surface area contributed by atoms with Gasteiger partial charge in [-0.25, -0.2) is 23.5 Å². The van der Waals surface area contributed by atoms with E-state index in [2.05, 4.69) is 15.3 Å². The van der Waals surface area contributed by atoms with Crippen molar-refractivity contribution in [2.45, 2.75) is 11.3 Å².